The Hall–Kier alpha value is -1.06. The van der Waals surface area contributed by atoms with Crippen LogP contribution in [-0.4, -0.2) is 38.5 Å². The van der Waals surface area contributed by atoms with Crippen LogP contribution in [0.25, 0.3) is 0 Å². The Kier molecular flexibility index (Phi) is 5.22. The van der Waals surface area contributed by atoms with Crippen LogP contribution >= 0.6 is 0 Å². The molecule has 0 saturated heterocycles. The van der Waals surface area contributed by atoms with E-state index >= 15 is 0 Å². The fraction of sp³-hybridized carbons (Fsp3) is 0.636. The highest BCUT2D eigenvalue weighted by molar-refractivity contribution is 7.89. The molecule has 0 amide bonds. The maximum atomic E-state index is 12.5. The van der Waals surface area contributed by atoms with E-state index in [1.807, 2.05) is 0 Å². The second kappa shape index (κ2) is 6.15. The van der Waals surface area contributed by atoms with Crippen molar-refractivity contribution in [1.82, 2.24) is 9.62 Å². The van der Waals surface area contributed by atoms with E-state index in [2.05, 4.69) is 5.32 Å². The van der Waals surface area contributed by atoms with Crippen LogP contribution < -0.4 is 5.32 Å². The quantitative estimate of drug-likeness (QED) is 0.872. The van der Waals surface area contributed by atoms with E-state index in [4.69, 9.17) is 4.42 Å². The predicted molar refractivity (Wildman–Crippen MR) is 66.6 cm³/mol. The molecule has 0 unspecified atom stereocenters. The molecule has 0 radical (unpaired) electrons. The fourth-order valence-corrected chi connectivity index (χ4v) is 3.16. The first kappa shape index (κ1) is 17.0. The zero-order valence-electron chi connectivity index (χ0n) is 11.4. The lowest BCUT2D eigenvalue weighted by Crippen LogP contribution is -2.43. The third-order valence-corrected chi connectivity index (χ3v) is 4.36. The Morgan fingerprint density at radius 1 is 1.35 bits per heavy atom. The Morgan fingerprint density at radius 3 is 2.40 bits per heavy atom. The molecule has 20 heavy (non-hydrogen) atoms. The van der Waals surface area contributed by atoms with E-state index < -0.39 is 33.9 Å². The Labute approximate surface area is 115 Å². The smallest absolute Gasteiger partial charge is 0.402 e. The number of nitrogens with one attached hydrogen (secondary N) is 1. The number of rotatable bonds is 6. The van der Waals surface area contributed by atoms with Crippen LogP contribution in [0.3, 0.4) is 0 Å². The summed E-state index contributed by atoms with van der Waals surface area (Å²) >= 11 is 0. The van der Waals surface area contributed by atoms with Crippen molar-refractivity contribution < 1.29 is 26.0 Å². The molecule has 0 aromatic carbocycles. The number of nitrogens with zero attached hydrogens (tertiary/aromatic N) is 1. The van der Waals surface area contributed by atoms with Gasteiger partial charge >= 0.3 is 6.18 Å². The fourth-order valence-electron chi connectivity index (χ4n) is 1.60. The predicted octanol–water partition coefficient (Wildman–Crippen LogP) is 1.96. The topological polar surface area (TPSA) is 62.6 Å². The Balaban J connectivity index is 3.09. The van der Waals surface area contributed by atoms with Gasteiger partial charge in [-0.05, 0) is 33.0 Å². The highest BCUT2D eigenvalue weighted by Crippen LogP contribution is 2.25. The molecule has 0 spiro atoms. The first-order valence-electron chi connectivity index (χ1n) is 5.90. The number of sulfonamides is 1. The summed E-state index contributed by atoms with van der Waals surface area (Å²) in [5.74, 6) is 0.335. The van der Waals surface area contributed by atoms with Gasteiger partial charge in [0, 0.05) is 6.04 Å². The summed E-state index contributed by atoms with van der Waals surface area (Å²) in [6, 6.07) is 1.74. The van der Waals surface area contributed by atoms with Crippen molar-refractivity contribution in [3.63, 3.8) is 0 Å². The van der Waals surface area contributed by atoms with Crippen molar-refractivity contribution in [2.45, 2.75) is 37.7 Å². The summed E-state index contributed by atoms with van der Waals surface area (Å²) in [5.41, 5.74) is 0. The SMILES string of the molecule is CNCc1ccc(S(=O)(=O)N(CC(F)(F)F)C(C)C)o1. The average Bonchev–Trinajstić information content (AvgIpc) is 2.74. The maximum Gasteiger partial charge on any atom is 0.402 e. The van der Waals surface area contributed by atoms with Gasteiger partial charge in [0.25, 0.3) is 10.0 Å². The summed E-state index contributed by atoms with van der Waals surface area (Å²) in [4.78, 5) is 0. The number of furan rings is 1. The number of hydrogen-bond acceptors (Lipinski definition) is 4. The molecule has 0 bridgehead atoms. The molecule has 0 aliphatic rings. The van der Waals surface area contributed by atoms with E-state index in [1.54, 1.807) is 7.05 Å². The molecule has 1 rings (SSSR count). The van der Waals surface area contributed by atoms with Gasteiger partial charge in [0.2, 0.25) is 5.09 Å². The maximum absolute atomic E-state index is 12.5. The van der Waals surface area contributed by atoms with E-state index in [9.17, 15) is 21.6 Å². The van der Waals surface area contributed by atoms with Crippen LogP contribution in [0.2, 0.25) is 0 Å². The van der Waals surface area contributed by atoms with Gasteiger partial charge in [0.15, 0.2) is 0 Å². The Morgan fingerprint density at radius 2 is 1.95 bits per heavy atom. The second-order valence-corrected chi connectivity index (χ2v) is 6.33. The number of alkyl halides is 3. The summed E-state index contributed by atoms with van der Waals surface area (Å²) in [6.45, 7) is 1.49. The highest BCUT2D eigenvalue weighted by atomic mass is 32.2. The molecule has 0 atom stereocenters. The lowest BCUT2D eigenvalue weighted by molar-refractivity contribution is -0.138. The minimum atomic E-state index is -4.61. The van der Waals surface area contributed by atoms with Gasteiger partial charge in [0.1, 0.15) is 12.3 Å². The molecule has 1 N–H and O–H groups in total. The largest absolute Gasteiger partial charge is 0.447 e. The zero-order chi connectivity index (χ0) is 15.6. The molecule has 0 aliphatic heterocycles. The summed E-state index contributed by atoms with van der Waals surface area (Å²) < 4.78 is 67.3. The molecule has 0 fully saturated rings. The van der Waals surface area contributed by atoms with E-state index in [0.29, 0.717) is 10.1 Å². The molecular weight excluding hydrogens is 297 g/mol. The zero-order valence-corrected chi connectivity index (χ0v) is 12.2. The van der Waals surface area contributed by atoms with Gasteiger partial charge in [-0.1, -0.05) is 0 Å². The second-order valence-electron chi connectivity index (χ2n) is 4.51. The van der Waals surface area contributed by atoms with Crippen LogP contribution in [0.4, 0.5) is 13.2 Å². The van der Waals surface area contributed by atoms with Gasteiger partial charge in [-0.3, -0.25) is 0 Å². The normalized spacial score (nSPS) is 13.4. The molecule has 1 aromatic heterocycles. The van der Waals surface area contributed by atoms with Crippen LogP contribution in [0.15, 0.2) is 21.6 Å². The van der Waals surface area contributed by atoms with Crippen molar-refractivity contribution in [2.24, 2.45) is 0 Å². The first-order valence-corrected chi connectivity index (χ1v) is 7.34. The monoisotopic (exact) mass is 314 g/mol. The molecule has 0 aliphatic carbocycles. The summed E-state index contributed by atoms with van der Waals surface area (Å²) in [5, 5.41) is 2.27. The lowest BCUT2D eigenvalue weighted by atomic mass is 10.4. The summed E-state index contributed by atoms with van der Waals surface area (Å²) in [6.07, 6.45) is -4.61. The summed E-state index contributed by atoms with van der Waals surface area (Å²) in [7, 11) is -2.67. The van der Waals surface area contributed by atoms with E-state index in [0.717, 1.165) is 6.07 Å². The molecule has 9 heteroatoms. The number of hydrogen-bond donors (Lipinski definition) is 1. The number of halogens is 3. The van der Waals surface area contributed by atoms with Gasteiger partial charge in [-0.15, -0.1) is 0 Å². The van der Waals surface area contributed by atoms with Gasteiger partial charge in [-0.25, -0.2) is 8.42 Å². The Bertz CT molecular complexity index is 537. The van der Waals surface area contributed by atoms with Gasteiger partial charge in [-0.2, -0.15) is 17.5 Å². The van der Waals surface area contributed by atoms with E-state index in [1.165, 1.54) is 19.9 Å². The van der Waals surface area contributed by atoms with Crippen LogP contribution in [0.1, 0.15) is 19.6 Å². The minimum absolute atomic E-state index is 0.288. The molecular formula is C11H17F3N2O3S. The highest BCUT2D eigenvalue weighted by Gasteiger charge is 2.39. The van der Waals surface area contributed by atoms with Gasteiger partial charge in [0.05, 0.1) is 6.54 Å². The van der Waals surface area contributed by atoms with Gasteiger partial charge < -0.3 is 9.73 Å². The van der Waals surface area contributed by atoms with Crippen molar-refractivity contribution in [2.75, 3.05) is 13.6 Å². The third-order valence-electron chi connectivity index (χ3n) is 2.46. The van der Waals surface area contributed by atoms with Crippen molar-refractivity contribution in [1.29, 1.82) is 0 Å². The first-order chi connectivity index (χ1) is 9.08. The van der Waals surface area contributed by atoms with E-state index in [-0.39, 0.29) is 6.54 Å². The van der Waals surface area contributed by atoms with Crippen molar-refractivity contribution in [3.8, 4) is 0 Å². The van der Waals surface area contributed by atoms with Crippen molar-refractivity contribution >= 4 is 10.0 Å². The average molecular weight is 314 g/mol. The molecule has 1 heterocycles. The molecule has 5 nitrogen and oxygen atoms in total. The third kappa shape index (κ3) is 4.22. The molecule has 116 valence electrons. The van der Waals surface area contributed by atoms with Crippen molar-refractivity contribution in [3.05, 3.63) is 17.9 Å². The lowest BCUT2D eigenvalue weighted by Gasteiger charge is -2.25. The van der Waals surface area contributed by atoms with Crippen LogP contribution in [0, 0.1) is 0 Å². The standard InChI is InChI=1S/C11H17F3N2O3S/c1-8(2)16(7-11(12,13)14)20(17,18)10-5-4-9(19-10)6-15-3/h4-5,8,15H,6-7H2,1-3H3. The van der Waals surface area contributed by atoms with Crippen LogP contribution in [-0.2, 0) is 16.6 Å². The molecule has 1 aromatic rings. The molecule has 0 saturated carbocycles. The van der Waals surface area contributed by atoms with Crippen LogP contribution in [0.5, 0.6) is 0 Å². The minimum Gasteiger partial charge on any atom is -0.447 e.